The molecule has 2 aliphatic heterocycles. The highest BCUT2D eigenvalue weighted by molar-refractivity contribution is 8.00. The molecule has 2 atom stereocenters. The maximum Gasteiger partial charge on any atom is 0.240 e. The molecule has 0 unspecified atom stereocenters. The van der Waals surface area contributed by atoms with E-state index >= 15 is 0 Å². The molecule has 9 nitrogen and oxygen atoms in total. The van der Waals surface area contributed by atoms with Crippen molar-refractivity contribution < 1.29 is 23.8 Å². The minimum Gasteiger partial charge on any atom is -0.497 e. The van der Waals surface area contributed by atoms with Gasteiger partial charge < -0.3 is 19.5 Å². The monoisotopic (exact) mass is 564 g/mol. The zero-order chi connectivity index (χ0) is 28.6. The Morgan fingerprint density at radius 3 is 2.58 bits per heavy atom. The molecule has 0 spiro atoms. The standard InChI is InChI=1S/C30H36N4O5S/c1-7-18(2)31-24(35)15-33-25(36)16-40-27(19-8-13-22-23(14-19)39-17-38-22)26-28(30(3,4)5)32-34(29(26)33)20-9-11-21(37-6)12-10-20/h8-14,18,27H,7,15-17H2,1-6H3,(H,31,35)/t18-,27-/m1/s1. The van der Waals surface area contributed by atoms with E-state index in [0.717, 1.165) is 28.9 Å². The van der Waals surface area contributed by atoms with Crippen molar-refractivity contribution in [3.8, 4) is 22.9 Å². The van der Waals surface area contributed by atoms with E-state index in [2.05, 4.69) is 26.1 Å². The third-order valence-corrected chi connectivity index (χ3v) is 8.39. The number of nitrogens with one attached hydrogen (secondary N) is 1. The van der Waals surface area contributed by atoms with Gasteiger partial charge in [-0.1, -0.05) is 33.8 Å². The number of methoxy groups -OCH3 is 1. The van der Waals surface area contributed by atoms with Gasteiger partial charge in [-0.25, -0.2) is 4.68 Å². The van der Waals surface area contributed by atoms with Gasteiger partial charge in [-0.3, -0.25) is 14.5 Å². The number of ether oxygens (including phenoxy) is 3. The zero-order valence-electron chi connectivity index (χ0n) is 23.8. The molecule has 1 N–H and O–H groups in total. The molecule has 2 aromatic carbocycles. The van der Waals surface area contributed by atoms with Crippen molar-refractivity contribution in [2.45, 2.75) is 57.7 Å². The van der Waals surface area contributed by atoms with Gasteiger partial charge in [0.15, 0.2) is 11.5 Å². The number of rotatable bonds is 7. The van der Waals surface area contributed by atoms with E-state index < -0.39 is 0 Å². The summed E-state index contributed by atoms with van der Waals surface area (Å²) in [5, 5.41) is 7.92. The molecule has 40 heavy (non-hydrogen) atoms. The van der Waals surface area contributed by atoms with Gasteiger partial charge in [0.05, 0.1) is 29.5 Å². The van der Waals surface area contributed by atoms with Crippen LogP contribution in [0.2, 0.25) is 0 Å². The predicted molar refractivity (Wildman–Crippen MR) is 156 cm³/mol. The van der Waals surface area contributed by atoms with Crippen LogP contribution in [-0.2, 0) is 15.0 Å². The lowest BCUT2D eigenvalue weighted by atomic mass is 9.87. The largest absolute Gasteiger partial charge is 0.497 e. The summed E-state index contributed by atoms with van der Waals surface area (Å²) in [6.07, 6.45) is 0.797. The smallest absolute Gasteiger partial charge is 0.240 e. The summed E-state index contributed by atoms with van der Waals surface area (Å²) in [5.74, 6) is 2.55. The van der Waals surface area contributed by atoms with Crippen LogP contribution in [0.5, 0.6) is 17.2 Å². The van der Waals surface area contributed by atoms with Crippen LogP contribution < -0.4 is 24.4 Å². The molecule has 0 radical (unpaired) electrons. The van der Waals surface area contributed by atoms with Crippen molar-refractivity contribution in [3.63, 3.8) is 0 Å². The minimum atomic E-state index is -0.352. The van der Waals surface area contributed by atoms with Crippen LogP contribution in [-0.4, -0.2) is 53.8 Å². The summed E-state index contributed by atoms with van der Waals surface area (Å²) in [6, 6.07) is 13.5. The van der Waals surface area contributed by atoms with Crippen LogP contribution in [0.4, 0.5) is 5.82 Å². The Bertz CT molecular complexity index is 1410. The van der Waals surface area contributed by atoms with E-state index in [4.69, 9.17) is 19.3 Å². The fraction of sp³-hybridized carbons (Fsp3) is 0.433. The van der Waals surface area contributed by atoms with Gasteiger partial charge in [-0.15, -0.1) is 11.8 Å². The number of carbonyl (C=O) groups is 2. The fourth-order valence-corrected chi connectivity index (χ4v) is 6.07. The molecule has 0 bridgehead atoms. The maximum absolute atomic E-state index is 13.8. The summed E-state index contributed by atoms with van der Waals surface area (Å²) < 4.78 is 18.4. The number of nitrogens with zero attached hydrogens (tertiary/aromatic N) is 3. The van der Waals surface area contributed by atoms with Crippen LogP contribution in [0.25, 0.3) is 5.69 Å². The summed E-state index contributed by atoms with van der Waals surface area (Å²) >= 11 is 1.53. The topological polar surface area (TPSA) is 94.9 Å². The van der Waals surface area contributed by atoms with Gasteiger partial charge >= 0.3 is 0 Å². The second kappa shape index (κ2) is 11.1. The minimum absolute atomic E-state index is 0.00133. The Labute approximate surface area is 239 Å². The van der Waals surface area contributed by atoms with Gasteiger partial charge in [-0.05, 0) is 55.3 Å². The molecule has 1 aromatic heterocycles. The first-order valence-electron chi connectivity index (χ1n) is 13.5. The van der Waals surface area contributed by atoms with Crippen molar-refractivity contribution in [2.75, 3.05) is 31.1 Å². The van der Waals surface area contributed by atoms with E-state index in [0.29, 0.717) is 23.1 Å². The summed E-state index contributed by atoms with van der Waals surface area (Å²) in [5.41, 5.74) is 3.16. The number of aromatic nitrogens is 2. The molecular formula is C30H36N4O5S. The summed E-state index contributed by atoms with van der Waals surface area (Å²) in [4.78, 5) is 28.6. The van der Waals surface area contributed by atoms with Crippen LogP contribution in [0.15, 0.2) is 42.5 Å². The number of hydrogen-bond acceptors (Lipinski definition) is 7. The van der Waals surface area contributed by atoms with Gasteiger partial charge in [0.1, 0.15) is 18.1 Å². The van der Waals surface area contributed by atoms with Crippen LogP contribution >= 0.6 is 11.8 Å². The molecule has 2 amide bonds. The third kappa shape index (κ3) is 5.37. The Morgan fingerprint density at radius 2 is 1.90 bits per heavy atom. The predicted octanol–water partition coefficient (Wildman–Crippen LogP) is 4.99. The molecule has 0 saturated carbocycles. The van der Waals surface area contributed by atoms with E-state index in [1.807, 2.05) is 56.3 Å². The van der Waals surface area contributed by atoms with E-state index in [-0.39, 0.29) is 47.6 Å². The SMILES string of the molecule is CC[C@@H](C)NC(=O)CN1C(=O)CS[C@H](c2ccc3c(c2)OCO3)c2c(C(C)(C)C)nn(-c3ccc(OC)cc3)c21. The van der Waals surface area contributed by atoms with Crippen LogP contribution in [0.1, 0.15) is 63.1 Å². The number of benzene rings is 2. The maximum atomic E-state index is 13.8. The molecule has 5 rings (SSSR count). The lowest BCUT2D eigenvalue weighted by molar-refractivity contribution is -0.123. The molecule has 0 aliphatic carbocycles. The van der Waals surface area contributed by atoms with Crippen molar-refractivity contribution in [2.24, 2.45) is 0 Å². The number of thioether (sulfide) groups is 1. The van der Waals surface area contributed by atoms with Crippen LogP contribution in [0.3, 0.4) is 0 Å². The highest BCUT2D eigenvalue weighted by Crippen LogP contribution is 2.49. The molecule has 3 aromatic rings. The molecule has 2 aliphatic rings. The zero-order valence-corrected chi connectivity index (χ0v) is 24.6. The van der Waals surface area contributed by atoms with Gasteiger partial charge in [0.25, 0.3) is 0 Å². The first-order chi connectivity index (χ1) is 19.1. The van der Waals surface area contributed by atoms with E-state index in [1.165, 1.54) is 11.8 Å². The molecular weight excluding hydrogens is 528 g/mol. The number of amides is 2. The first-order valence-corrected chi connectivity index (χ1v) is 14.5. The number of carbonyl (C=O) groups excluding carboxylic acids is 2. The van der Waals surface area contributed by atoms with Gasteiger partial charge in [-0.2, -0.15) is 5.10 Å². The molecule has 0 fully saturated rings. The molecule has 10 heteroatoms. The Kier molecular flexibility index (Phi) is 7.72. The van der Waals surface area contributed by atoms with Crippen molar-refractivity contribution in [3.05, 3.63) is 59.3 Å². The van der Waals surface area contributed by atoms with E-state index in [9.17, 15) is 9.59 Å². The highest BCUT2D eigenvalue weighted by Gasteiger charge is 2.40. The van der Waals surface area contributed by atoms with Crippen molar-refractivity contribution in [1.82, 2.24) is 15.1 Å². The fourth-order valence-electron chi connectivity index (χ4n) is 4.88. The lowest BCUT2D eigenvalue weighted by Gasteiger charge is -2.25. The third-order valence-electron chi connectivity index (χ3n) is 7.14. The van der Waals surface area contributed by atoms with Gasteiger partial charge in [0, 0.05) is 17.0 Å². The quantitative estimate of drug-likeness (QED) is 0.432. The van der Waals surface area contributed by atoms with Crippen molar-refractivity contribution >= 4 is 29.4 Å². The number of fused-ring (bicyclic) bond motifs is 2. The number of hydrogen-bond donors (Lipinski definition) is 1. The average Bonchev–Trinajstić information content (AvgIpc) is 3.53. The second-order valence-corrected chi connectivity index (χ2v) is 12.2. The number of anilines is 1. The average molecular weight is 565 g/mol. The summed E-state index contributed by atoms with van der Waals surface area (Å²) in [6.45, 7) is 10.4. The summed E-state index contributed by atoms with van der Waals surface area (Å²) in [7, 11) is 1.62. The Hall–Kier alpha value is -3.66. The van der Waals surface area contributed by atoms with Crippen molar-refractivity contribution in [1.29, 1.82) is 0 Å². The molecule has 212 valence electrons. The highest BCUT2D eigenvalue weighted by atomic mass is 32.2. The molecule has 3 heterocycles. The molecule has 0 saturated heterocycles. The Morgan fingerprint density at radius 1 is 1.18 bits per heavy atom. The van der Waals surface area contributed by atoms with Gasteiger partial charge in [0.2, 0.25) is 18.6 Å². The second-order valence-electron chi connectivity index (χ2n) is 11.1. The normalized spacial score (nSPS) is 17.3. The van der Waals surface area contributed by atoms with E-state index in [1.54, 1.807) is 16.7 Å². The first kappa shape index (κ1) is 27.9. The van der Waals surface area contributed by atoms with Crippen LogP contribution in [0, 0.1) is 0 Å². The Balaban J connectivity index is 1.72. The lowest BCUT2D eigenvalue weighted by Crippen LogP contribution is -2.44.